The Morgan fingerprint density at radius 3 is 2.52 bits per heavy atom. The van der Waals surface area contributed by atoms with E-state index in [0.717, 1.165) is 57.5 Å². The second kappa shape index (κ2) is 8.18. The highest BCUT2D eigenvalue weighted by Gasteiger charge is 2.20. The van der Waals surface area contributed by atoms with Gasteiger partial charge in [-0.25, -0.2) is 4.98 Å². The summed E-state index contributed by atoms with van der Waals surface area (Å²) >= 11 is 0. The maximum atomic E-state index is 4.82. The van der Waals surface area contributed by atoms with Crippen LogP contribution in [0.5, 0.6) is 0 Å². The average molecular weight is 317 g/mol. The summed E-state index contributed by atoms with van der Waals surface area (Å²) in [6.45, 7) is 14.7. The van der Waals surface area contributed by atoms with Crippen molar-refractivity contribution in [1.29, 1.82) is 0 Å². The maximum absolute atomic E-state index is 4.82. The van der Waals surface area contributed by atoms with E-state index in [1.165, 1.54) is 0 Å². The van der Waals surface area contributed by atoms with Crippen molar-refractivity contribution < 1.29 is 0 Å². The van der Waals surface area contributed by atoms with Gasteiger partial charge in [0.25, 0.3) is 0 Å². The quantitative estimate of drug-likeness (QED) is 0.685. The third kappa shape index (κ3) is 5.73. The van der Waals surface area contributed by atoms with Gasteiger partial charge >= 0.3 is 0 Å². The zero-order chi connectivity index (χ0) is 16.7. The molecule has 1 aliphatic rings. The van der Waals surface area contributed by atoms with E-state index in [9.17, 15) is 0 Å². The third-order valence-electron chi connectivity index (χ3n) is 4.01. The lowest BCUT2D eigenvalue weighted by atomic mass is 9.92. The third-order valence-corrected chi connectivity index (χ3v) is 4.01. The van der Waals surface area contributed by atoms with Crippen molar-refractivity contribution >= 4 is 11.8 Å². The predicted molar refractivity (Wildman–Crippen MR) is 98.1 cm³/mol. The topological polar surface area (TPSA) is 43.8 Å². The van der Waals surface area contributed by atoms with E-state index in [1.807, 2.05) is 18.3 Å². The second-order valence-electron chi connectivity index (χ2n) is 7.21. The highest BCUT2D eigenvalue weighted by Crippen LogP contribution is 2.18. The first-order valence-electron chi connectivity index (χ1n) is 8.69. The molecule has 1 aromatic rings. The van der Waals surface area contributed by atoms with Crippen molar-refractivity contribution in [3.8, 4) is 0 Å². The van der Waals surface area contributed by atoms with Gasteiger partial charge in [-0.1, -0.05) is 26.8 Å². The highest BCUT2D eigenvalue weighted by molar-refractivity contribution is 5.80. The van der Waals surface area contributed by atoms with Crippen molar-refractivity contribution in [3.63, 3.8) is 0 Å². The first kappa shape index (κ1) is 17.6. The lowest BCUT2D eigenvalue weighted by molar-refractivity contribution is 0.363. The molecule has 0 amide bonds. The van der Waals surface area contributed by atoms with Gasteiger partial charge in [0.2, 0.25) is 0 Å². The largest absolute Gasteiger partial charge is 0.357 e. The zero-order valence-corrected chi connectivity index (χ0v) is 15.0. The van der Waals surface area contributed by atoms with Crippen LogP contribution in [-0.2, 0) is 0 Å². The van der Waals surface area contributed by atoms with Crippen LogP contribution >= 0.6 is 0 Å². The summed E-state index contributed by atoms with van der Waals surface area (Å²) in [4.78, 5) is 14.0. The van der Waals surface area contributed by atoms with E-state index < -0.39 is 0 Å². The fourth-order valence-corrected chi connectivity index (χ4v) is 2.61. The number of hydrogen-bond donors (Lipinski definition) is 1. The Labute approximate surface area is 140 Å². The Hall–Kier alpha value is -1.78. The molecular weight excluding hydrogens is 286 g/mol. The molecular formula is C18H31N5. The number of piperazine rings is 1. The lowest BCUT2D eigenvalue weighted by Crippen LogP contribution is -2.52. The van der Waals surface area contributed by atoms with Gasteiger partial charge in [-0.15, -0.1) is 0 Å². The molecule has 1 saturated heterocycles. The van der Waals surface area contributed by atoms with Crippen LogP contribution in [-0.4, -0.2) is 55.1 Å². The summed E-state index contributed by atoms with van der Waals surface area (Å²) in [7, 11) is 0. The van der Waals surface area contributed by atoms with Gasteiger partial charge in [-0.2, -0.15) is 0 Å². The van der Waals surface area contributed by atoms with Crippen LogP contribution < -0.4 is 10.2 Å². The molecule has 0 atom stereocenters. The van der Waals surface area contributed by atoms with E-state index in [1.54, 1.807) is 0 Å². The van der Waals surface area contributed by atoms with Gasteiger partial charge < -0.3 is 15.1 Å². The van der Waals surface area contributed by atoms with Crippen LogP contribution in [0.4, 0.5) is 5.82 Å². The molecule has 0 bridgehead atoms. The fraction of sp³-hybridized carbons (Fsp3) is 0.667. The van der Waals surface area contributed by atoms with Crippen LogP contribution in [0.25, 0.3) is 0 Å². The number of nitrogens with one attached hydrogen (secondary N) is 1. The molecule has 5 heteroatoms. The minimum absolute atomic E-state index is 0.332. The van der Waals surface area contributed by atoms with E-state index in [0.29, 0.717) is 5.41 Å². The Kier molecular flexibility index (Phi) is 6.25. The Balaban J connectivity index is 1.91. The standard InChI is InChI=1S/C18H31N5/c1-5-19-17(21-11-9-18(2,3)4)23-14-12-22(13-15-23)16-8-6-7-10-20-16/h6-8,10H,5,9,11-15H2,1-4H3,(H,19,21). The van der Waals surface area contributed by atoms with E-state index in [4.69, 9.17) is 4.99 Å². The Morgan fingerprint density at radius 2 is 1.96 bits per heavy atom. The predicted octanol–water partition coefficient (Wildman–Crippen LogP) is 2.61. The summed E-state index contributed by atoms with van der Waals surface area (Å²) in [6.07, 6.45) is 2.97. The van der Waals surface area contributed by atoms with Gasteiger partial charge in [0.15, 0.2) is 5.96 Å². The van der Waals surface area contributed by atoms with Crippen molar-refractivity contribution in [2.45, 2.75) is 34.1 Å². The molecule has 0 saturated carbocycles. The number of pyridine rings is 1. The monoisotopic (exact) mass is 317 g/mol. The van der Waals surface area contributed by atoms with E-state index >= 15 is 0 Å². The first-order valence-corrected chi connectivity index (χ1v) is 8.69. The molecule has 1 fully saturated rings. The fourth-order valence-electron chi connectivity index (χ4n) is 2.61. The van der Waals surface area contributed by atoms with Crippen LogP contribution in [0.2, 0.25) is 0 Å². The minimum atomic E-state index is 0.332. The number of rotatable bonds is 4. The van der Waals surface area contributed by atoms with E-state index in [2.05, 4.69) is 53.9 Å². The summed E-state index contributed by atoms with van der Waals surface area (Å²) in [5.41, 5.74) is 0.332. The van der Waals surface area contributed by atoms with Crippen molar-refractivity contribution in [2.24, 2.45) is 10.4 Å². The minimum Gasteiger partial charge on any atom is -0.357 e. The number of nitrogens with zero attached hydrogens (tertiary/aromatic N) is 4. The first-order chi connectivity index (χ1) is 11.0. The Morgan fingerprint density at radius 1 is 1.22 bits per heavy atom. The summed E-state index contributed by atoms with van der Waals surface area (Å²) < 4.78 is 0. The highest BCUT2D eigenvalue weighted by atomic mass is 15.4. The van der Waals surface area contributed by atoms with Gasteiger partial charge in [-0.05, 0) is 30.9 Å². The van der Waals surface area contributed by atoms with Crippen molar-refractivity contribution in [3.05, 3.63) is 24.4 Å². The van der Waals surface area contributed by atoms with Gasteiger partial charge in [-0.3, -0.25) is 4.99 Å². The molecule has 2 heterocycles. The lowest BCUT2D eigenvalue weighted by Gasteiger charge is -2.37. The number of hydrogen-bond acceptors (Lipinski definition) is 3. The number of aliphatic imine (C=N–C) groups is 1. The van der Waals surface area contributed by atoms with Gasteiger partial charge in [0, 0.05) is 45.5 Å². The van der Waals surface area contributed by atoms with Gasteiger partial charge in [0.1, 0.15) is 5.82 Å². The molecule has 0 aromatic carbocycles. The van der Waals surface area contributed by atoms with Crippen molar-refractivity contribution in [2.75, 3.05) is 44.2 Å². The van der Waals surface area contributed by atoms with Crippen LogP contribution in [0.3, 0.4) is 0 Å². The number of anilines is 1. The molecule has 1 aliphatic heterocycles. The smallest absolute Gasteiger partial charge is 0.194 e. The molecule has 0 spiro atoms. The van der Waals surface area contributed by atoms with Crippen LogP contribution in [0.15, 0.2) is 29.4 Å². The molecule has 0 aliphatic carbocycles. The molecule has 1 N–H and O–H groups in total. The second-order valence-corrected chi connectivity index (χ2v) is 7.21. The number of aromatic nitrogens is 1. The average Bonchev–Trinajstić information content (AvgIpc) is 2.54. The number of guanidine groups is 1. The molecule has 1 aromatic heterocycles. The molecule has 128 valence electrons. The zero-order valence-electron chi connectivity index (χ0n) is 15.0. The molecule has 0 radical (unpaired) electrons. The summed E-state index contributed by atoms with van der Waals surface area (Å²) in [5.74, 6) is 2.12. The summed E-state index contributed by atoms with van der Waals surface area (Å²) in [6, 6.07) is 6.09. The molecule has 5 nitrogen and oxygen atoms in total. The Bertz CT molecular complexity index is 484. The van der Waals surface area contributed by atoms with E-state index in [-0.39, 0.29) is 0 Å². The summed E-state index contributed by atoms with van der Waals surface area (Å²) in [5, 5.41) is 3.43. The normalized spacial score (nSPS) is 16.6. The molecule has 2 rings (SSSR count). The molecule has 0 unspecified atom stereocenters. The van der Waals surface area contributed by atoms with Crippen LogP contribution in [0.1, 0.15) is 34.1 Å². The van der Waals surface area contributed by atoms with Crippen molar-refractivity contribution in [1.82, 2.24) is 15.2 Å². The van der Waals surface area contributed by atoms with Gasteiger partial charge in [0.05, 0.1) is 0 Å². The SMILES string of the molecule is CCNC(=NCCC(C)(C)C)N1CCN(c2ccccn2)CC1. The maximum Gasteiger partial charge on any atom is 0.194 e. The molecule has 23 heavy (non-hydrogen) atoms. The van der Waals surface area contributed by atoms with Crippen LogP contribution in [0, 0.1) is 5.41 Å².